The second kappa shape index (κ2) is 7.11. The number of Topliss-reactive ketones (excluding diaryl/α,β-unsaturated/α-hetero) is 1. The molecule has 0 aromatic heterocycles. The summed E-state index contributed by atoms with van der Waals surface area (Å²) in [4.78, 5) is 25.2. The molecule has 2 atom stereocenters. The van der Waals surface area contributed by atoms with E-state index in [-0.39, 0.29) is 30.5 Å². The van der Waals surface area contributed by atoms with Crippen molar-refractivity contribution in [3.63, 3.8) is 0 Å². The van der Waals surface area contributed by atoms with E-state index in [1.807, 2.05) is 13.8 Å². The third-order valence-corrected chi connectivity index (χ3v) is 3.76. The molecule has 1 aromatic carbocycles. The lowest BCUT2D eigenvalue weighted by atomic mass is 10.1. The molecule has 1 heterocycles. The number of halogens is 1. The van der Waals surface area contributed by atoms with E-state index < -0.39 is 0 Å². The topological polar surface area (TPSA) is 55.8 Å². The van der Waals surface area contributed by atoms with E-state index in [0.717, 1.165) is 0 Å². The van der Waals surface area contributed by atoms with Gasteiger partial charge in [0.15, 0.2) is 12.4 Å². The molecule has 1 amide bonds. The molecule has 22 heavy (non-hydrogen) atoms. The largest absolute Gasteiger partial charge is 0.482 e. The summed E-state index contributed by atoms with van der Waals surface area (Å²) in [7, 11) is 0. The van der Waals surface area contributed by atoms with Gasteiger partial charge in [-0.2, -0.15) is 0 Å². The standard InChI is InChI=1S/C16H20ClNO4/c1-10-7-18(8-11(2)22-10)16(20)9-21-15-5-4-13(12(3)19)6-14(15)17/h4-6,10-11H,7-9H2,1-3H3. The zero-order chi connectivity index (χ0) is 16.3. The van der Waals surface area contributed by atoms with Gasteiger partial charge in [0.25, 0.3) is 5.91 Å². The van der Waals surface area contributed by atoms with E-state index in [2.05, 4.69) is 0 Å². The number of carbonyl (C=O) groups excluding carboxylic acids is 2. The van der Waals surface area contributed by atoms with Crippen LogP contribution >= 0.6 is 11.6 Å². The average molecular weight is 326 g/mol. The van der Waals surface area contributed by atoms with Crippen LogP contribution in [0.15, 0.2) is 18.2 Å². The molecule has 1 aliphatic heterocycles. The summed E-state index contributed by atoms with van der Waals surface area (Å²) < 4.78 is 11.1. The molecule has 0 bridgehead atoms. The predicted molar refractivity (Wildman–Crippen MR) is 83.5 cm³/mol. The minimum atomic E-state index is -0.103. The molecule has 0 saturated carbocycles. The Bertz CT molecular complexity index is 565. The van der Waals surface area contributed by atoms with Crippen LogP contribution < -0.4 is 4.74 Å². The fraction of sp³-hybridized carbons (Fsp3) is 0.500. The van der Waals surface area contributed by atoms with Crippen molar-refractivity contribution in [2.75, 3.05) is 19.7 Å². The Balaban J connectivity index is 1.95. The third-order valence-electron chi connectivity index (χ3n) is 3.46. The normalized spacial score (nSPS) is 21.5. The van der Waals surface area contributed by atoms with Gasteiger partial charge in [0.2, 0.25) is 0 Å². The van der Waals surface area contributed by atoms with E-state index in [1.165, 1.54) is 6.92 Å². The molecule has 2 unspecified atom stereocenters. The third kappa shape index (κ3) is 4.21. The number of hydrogen-bond donors (Lipinski definition) is 0. The van der Waals surface area contributed by atoms with Crippen LogP contribution in [0.3, 0.4) is 0 Å². The lowest BCUT2D eigenvalue weighted by Gasteiger charge is -2.35. The van der Waals surface area contributed by atoms with Crippen LogP contribution in [0.5, 0.6) is 5.75 Å². The predicted octanol–water partition coefficient (Wildman–Crippen LogP) is 2.56. The molecule has 0 radical (unpaired) electrons. The van der Waals surface area contributed by atoms with Crippen LogP contribution in [0, 0.1) is 0 Å². The van der Waals surface area contributed by atoms with Crippen LogP contribution in [0.4, 0.5) is 0 Å². The number of ketones is 1. The molecule has 0 N–H and O–H groups in total. The second-order valence-corrected chi connectivity index (χ2v) is 5.95. The summed E-state index contributed by atoms with van der Waals surface area (Å²) in [6.07, 6.45) is 0.0391. The monoisotopic (exact) mass is 325 g/mol. The first-order valence-electron chi connectivity index (χ1n) is 7.23. The van der Waals surface area contributed by atoms with Gasteiger partial charge in [0.1, 0.15) is 5.75 Å². The fourth-order valence-electron chi connectivity index (χ4n) is 2.45. The van der Waals surface area contributed by atoms with Gasteiger partial charge in [-0.05, 0) is 39.0 Å². The van der Waals surface area contributed by atoms with Gasteiger partial charge in [-0.3, -0.25) is 9.59 Å². The Morgan fingerprint density at radius 2 is 1.95 bits per heavy atom. The van der Waals surface area contributed by atoms with Gasteiger partial charge in [0, 0.05) is 18.7 Å². The molecule has 1 saturated heterocycles. The molecule has 120 valence electrons. The SMILES string of the molecule is CC(=O)c1ccc(OCC(=O)N2CC(C)OC(C)C2)c(Cl)c1. The summed E-state index contributed by atoms with van der Waals surface area (Å²) in [5, 5.41) is 0.323. The molecular weight excluding hydrogens is 306 g/mol. The number of carbonyl (C=O) groups is 2. The lowest BCUT2D eigenvalue weighted by molar-refractivity contribution is -0.145. The fourth-order valence-corrected chi connectivity index (χ4v) is 2.68. The Morgan fingerprint density at radius 1 is 1.32 bits per heavy atom. The van der Waals surface area contributed by atoms with Gasteiger partial charge >= 0.3 is 0 Å². The van der Waals surface area contributed by atoms with E-state index in [0.29, 0.717) is 29.4 Å². The van der Waals surface area contributed by atoms with Crippen LogP contribution in [0.1, 0.15) is 31.1 Å². The highest BCUT2D eigenvalue weighted by Crippen LogP contribution is 2.25. The average Bonchev–Trinajstić information content (AvgIpc) is 2.44. The first kappa shape index (κ1) is 16.8. The molecule has 5 nitrogen and oxygen atoms in total. The van der Waals surface area contributed by atoms with Gasteiger partial charge in [0.05, 0.1) is 17.2 Å². The van der Waals surface area contributed by atoms with Crippen molar-refractivity contribution < 1.29 is 19.1 Å². The van der Waals surface area contributed by atoms with Crippen molar-refractivity contribution >= 4 is 23.3 Å². The molecule has 0 aliphatic carbocycles. The molecule has 1 fully saturated rings. The van der Waals surface area contributed by atoms with Crippen molar-refractivity contribution in [2.45, 2.75) is 33.0 Å². The maximum atomic E-state index is 12.2. The van der Waals surface area contributed by atoms with Gasteiger partial charge < -0.3 is 14.4 Å². The van der Waals surface area contributed by atoms with Crippen LogP contribution in [-0.2, 0) is 9.53 Å². The maximum absolute atomic E-state index is 12.2. The van der Waals surface area contributed by atoms with Crippen molar-refractivity contribution in [1.82, 2.24) is 4.90 Å². The number of morpholine rings is 1. The van der Waals surface area contributed by atoms with Crippen LogP contribution in [0.25, 0.3) is 0 Å². The number of benzene rings is 1. The smallest absolute Gasteiger partial charge is 0.260 e. The first-order valence-corrected chi connectivity index (χ1v) is 7.61. The Kier molecular flexibility index (Phi) is 5.42. The van der Waals surface area contributed by atoms with Crippen LogP contribution in [-0.4, -0.2) is 48.5 Å². The zero-order valence-electron chi connectivity index (χ0n) is 13.0. The molecular formula is C16H20ClNO4. The first-order chi connectivity index (χ1) is 10.4. The minimum absolute atomic E-state index is 0.0196. The summed E-state index contributed by atoms with van der Waals surface area (Å²) in [6, 6.07) is 4.78. The van der Waals surface area contributed by atoms with Gasteiger partial charge in [-0.25, -0.2) is 0 Å². The molecule has 0 spiro atoms. The second-order valence-electron chi connectivity index (χ2n) is 5.55. The number of nitrogens with zero attached hydrogens (tertiary/aromatic N) is 1. The number of amides is 1. The summed E-state index contributed by atoms with van der Waals surface area (Å²) in [5.74, 6) is 0.226. The van der Waals surface area contributed by atoms with E-state index in [9.17, 15) is 9.59 Å². The minimum Gasteiger partial charge on any atom is -0.482 e. The highest BCUT2D eigenvalue weighted by atomic mass is 35.5. The molecule has 6 heteroatoms. The zero-order valence-corrected chi connectivity index (χ0v) is 13.7. The Labute approximate surface area is 135 Å². The van der Waals surface area contributed by atoms with Crippen molar-refractivity contribution in [2.24, 2.45) is 0 Å². The van der Waals surface area contributed by atoms with Gasteiger partial charge in [-0.1, -0.05) is 11.6 Å². The number of hydrogen-bond acceptors (Lipinski definition) is 4. The van der Waals surface area contributed by atoms with Gasteiger partial charge in [-0.15, -0.1) is 0 Å². The Hall–Kier alpha value is -1.59. The summed E-state index contributed by atoms with van der Waals surface area (Å²) in [5.41, 5.74) is 0.513. The maximum Gasteiger partial charge on any atom is 0.260 e. The molecule has 1 aromatic rings. The van der Waals surface area contributed by atoms with Crippen molar-refractivity contribution in [3.05, 3.63) is 28.8 Å². The van der Waals surface area contributed by atoms with Crippen molar-refractivity contribution in [1.29, 1.82) is 0 Å². The lowest BCUT2D eigenvalue weighted by Crippen LogP contribution is -2.49. The number of rotatable bonds is 4. The summed E-state index contributed by atoms with van der Waals surface area (Å²) >= 11 is 6.07. The highest BCUT2D eigenvalue weighted by Gasteiger charge is 2.26. The quantitative estimate of drug-likeness (QED) is 0.798. The van der Waals surface area contributed by atoms with E-state index in [4.69, 9.17) is 21.1 Å². The molecule has 2 rings (SSSR count). The Morgan fingerprint density at radius 3 is 2.50 bits per heavy atom. The van der Waals surface area contributed by atoms with Crippen LogP contribution in [0.2, 0.25) is 5.02 Å². The number of ether oxygens (including phenoxy) is 2. The van der Waals surface area contributed by atoms with E-state index >= 15 is 0 Å². The van der Waals surface area contributed by atoms with E-state index in [1.54, 1.807) is 23.1 Å². The van der Waals surface area contributed by atoms with Crippen molar-refractivity contribution in [3.8, 4) is 5.75 Å². The summed E-state index contributed by atoms with van der Waals surface area (Å²) in [6.45, 7) is 6.38. The highest BCUT2D eigenvalue weighted by molar-refractivity contribution is 6.32. The molecule has 1 aliphatic rings.